The van der Waals surface area contributed by atoms with Crippen LogP contribution in [0.1, 0.15) is 29.9 Å². The third-order valence-electron chi connectivity index (χ3n) is 3.14. The van der Waals surface area contributed by atoms with Gasteiger partial charge < -0.3 is 9.64 Å². The molecule has 1 aromatic rings. The van der Waals surface area contributed by atoms with Crippen molar-refractivity contribution in [3.8, 4) is 0 Å². The second-order valence-electron chi connectivity index (χ2n) is 5.00. The van der Waals surface area contributed by atoms with Crippen LogP contribution in [-0.4, -0.2) is 45.9 Å². The van der Waals surface area contributed by atoms with Gasteiger partial charge in [-0.15, -0.1) is 0 Å². The molecule has 0 aromatic carbocycles. The van der Waals surface area contributed by atoms with Gasteiger partial charge in [-0.3, -0.25) is 9.48 Å². The summed E-state index contributed by atoms with van der Waals surface area (Å²) in [5.41, 5.74) is -1.43. The van der Waals surface area contributed by atoms with E-state index < -0.39 is 23.3 Å². The highest BCUT2D eigenvalue weighted by atomic mass is 19.4. The van der Waals surface area contributed by atoms with Crippen molar-refractivity contribution in [1.82, 2.24) is 14.7 Å². The van der Waals surface area contributed by atoms with Crippen molar-refractivity contribution < 1.29 is 22.7 Å². The number of morpholine rings is 1. The van der Waals surface area contributed by atoms with Crippen LogP contribution in [0.15, 0.2) is 6.20 Å². The fraction of sp³-hybridized carbons (Fsp3) is 0.667. The van der Waals surface area contributed by atoms with Crippen LogP contribution in [0, 0.1) is 0 Å². The van der Waals surface area contributed by atoms with Crippen LogP contribution in [0.3, 0.4) is 0 Å². The maximum absolute atomic E-state index is 13.0. The van der Waals surface area contributed by atoms with Gasteiger partial charge in [-0.2, -0.15) is 18.3 Å². The number of nitrogens with zero attached hydrogens (tertiary/aromatic N) is 3. The number of halogens is 3. The predicted molar refractivity (Wildman–Crippen MR) is 64.1 cm³/mol. The Morgan fingerprint density at radius 3 is 2.40 bits per heavy atom. The Bertz CT molecular complexity index is 503. The minimum atomic E-state index is -4.61. The number of hydrogen-bond acceptors (Lipinski definition) is 3. The standard InChI is InChI=1S/C12H16F3N3O2/c1-7-5-18(6-8(2)20-7)11(19)9-4-16-17(3)10(9)12(13,14)15/h4,7-8H,5-6H2,1-3H3/t7-,8-/m0/s1. The molecule has 1 aromatic heterocycles. The van der Waals surface area contributed by atoms with E-state index in [0.717, 1.165) is 6.20 Å². The molecular formula is C12H16F3N3O2. The third-order valence-corrected chi connectivity index (χ3v) is 3.14. The lowest BCUT2D eigenvalue weighted by Crippen LogP contribution is -2.48. The zero-order valence-corrected chi connectivity index (χ0v) is 11.4. The first-order valence-electron chi connectivity index (χ1n) is 6.24. The summed E-state index contributed by atoms with van der Waals surface area (Å²) < 4.78 is 45.1. The number of hydrogen-bond donors (Lipinski definition) is 0. The molecule has 0 saturated carbocycles. The fourth-order valence-corrected chi connectivity index (χ4v) is 2.44. The van der Waals surface area contributed by atoms with Crippen LogP contribution >= 0.6 is 0 Å². The molecule has 2 atom stereocenters. The van der Waals surface area contributed by atoms with Gasteiger partial charge in [-0.25, -0.2) is 0 Å². The molecule has 1 amide bonds. The summed E-state index contributed by atoms with van der Waals surface area (Å²) in [7, 11) is 1.17. The maximum atomic E-state index is 13.0. The lowest BCUT2D eigenvalue weighted by molar-refractivity contribution is -0.144. The fourth-order valence-electron chi connectivity index (χ4n) is 2.44. The Labute approximate surface area is 114 Å². The van der Waals surface area contributed by atoms with Gasteiger partial charge in [0.25, 0.3) is 5.91 Å². The Morgan fingerprint density at radius 1 is 1.35 bits per heavy atom. The van der Waals surface area contributed by atoms with Crippen molar-refractivity contribution in [1.29, 1.82) is 0 Å². The van der Waals surface area contributed by atoms with E-state index in [1.165, 1.54) is 11.9 Å². The van der Waals surface area contributed by atoms with E-state index in [1.54, 1.807) is 13.8 Å². The van der Waals surface area contributed by atoms with E-state index in [1.807, 2.05) is 0 Å². The summed E-state index contributed by atoms with van der Waals surface area (Å²) in [6.07, 6.45) is -4.04. The van der Waals surface area contributed by atoms with Gasteiger partial charge in [0, 0.05) is 20.1 Å². The SMILES string of the molecule is C[C@H]1CN(C(=O)c2cnn(C)c2C(F)(F)F)C[C@H](C)O1. The molecule has 0 unspecified atom stereocenters. The van der Waals surface area contributed by atoms with Crippen molar-refractivity contribution in [2.24, 2.45) is 7.05 Å². The van der Waals surface area contributed by atoms with Gasteiger partial charge in [-0.1, -0.05) is 0 Å². The molecule has 2 heterocycles. The highest BCUT2D eigenvalue weighted by Gasteiger charge is 2.41. The molecule has 20 heavy (non-hydrogen) atoms. The smallest absolute Gasteiger partial charge is 0.372 e. The predicted octanol–water partition coefficient (Wildman–Crippen LogP) is 1.69. The molecule has 2 rings (SSSR count). The summed E-state index contributed by atoms with van der Waals surface area (Å²) in [5, 5.41) is 3.55. The third kappa shape index (κ3) is 2.79. The van der Waals surface area contributed by atoms with Crippen molar-refractivity contribution >= 4 is 5.91 Å². The number of alkyl halides is 3. The second kappa shape index (κ2) is 5.08. The Kier molecular flexibility index (Phi) is 3.77. The minimum absolute atomic E-state index is 0.200. The molecule has 1 fully saturated rings. The van der Waals surface area contributed by atoms with E-state index in [4.69, 9.17) is 4.74 Å². The van der Waals surface area contributed by atoms with Crippen molar-refractivity contribution in [2.75, 3.05) is 13.1 Å². The first-order valence-corrected chi connectivity index (χ1v) is 6.24. The lowest BCUT2D eigenvalue weighted by Gasteiger charge is -2.35. The molecule has 1 aliphatic heterocycles. The van der Waals surface area contributed by atoms with E-state index in [-0.39, 0.29) is 25.3 Å². The quantitative estimate of drug-likeness (QED) is 0.791. The number of aryl methyl sites for hydroxylation is 1. The van der Waals surface area contributed by atoms with Crippen LogP contribution < -0.4 is 0 Å². The minimum Gasteiger partial charge on any atom is -0.372 e. The summed E-state index contributed by atoms with van der Waals surface area (Å²) in [5.74, 6) is -0.660. The molecule has 112 valence electrons. The molecule has 0 spiro atoms. The molecular weight excluding hydrogens is 275 g/mol. The topological polar surface area (TPSA) is 47.4 Å². The first-order chi connectivity index (χ1) is 9.20. The summed E-state index contributed by atoms with van der Waals surface area (Å²) >= 11 is 0. The van der Waals surface area contributed by atoms with Gasteiger partial charge in [0.1, 0.15) is 0 Å². The zero-order valence-electron chi connectivity index (χ0n) is 11.4. The number of carbonyl (C=O) groups excluding carboxylic acids is 1. The molecule has 5 nitrogen and oxygen atoms in total. The number of amides is 1. The molecule has 1 saturated heterocycles. The van der Waals surface area contributed by atoms with Crippen LogP contribution in [0.2, 0.25) is 0 Å². The van der Waals surface area contributed by atoms with Crippen LogP contribution in [0.25, 0.3) is 0 Å². The van der Waals surface area contributed by atoms with Crippen molar-refractivity contribution in [3.05, 3.63) is 17.5 Å². The van der Waals surface area contributed by atoms with Crippen LogP contribution in [0.5, 0.6) is 0 Å². The van der Waals surface area contributed by atoms with Crippen molar-refractivity contribution in [3.63, 3.8) is 0 Å². The Balaban J connectivity index is 2.30. The summed E-state index contributed by atoms with van der Waals surface area (Å²) in [6.45, 7) is 4.11. The highest BCUT2D eigenvalue weighted by Crippen LogP contribution is 2.32. The second-order valence-corrected chi connectivity index (χ2v) is 5.00. The molecule has 0 N–H and O–H groups in total. The van der Waals surface area contributed by atoms with E-state index in [9.17, 15) is 18.0 Å². The van der Waals surface area contributed by atoms with Crippen LogP contribution in [-0.2, 0) is 18.0 Å². The largest absolute Gasteiger partial charge is 0.433 e. The van der Waals surface area contributed by atoms with Crippen molar-refractivity contribution in [2.45, 2.75) is 32.2 Å². The summed E-state index contributed by atoms with van der Waals surface area (Å²) in [6, 6.07) is 0. The van der Waals surface area contributed by atoms with Gasteiger partial charge in [0.2, 0.25) is 0 Å². The van der Waals surface area contributed by atoms with Gasteiger partial charge in [0.15, 0.2) is 5.69 Å². The Morgan fingerprint density at radius 2 is 1.90 bits per heavy atom. The molecule has 1 aliphatic rings. The molecule has 0 bridgehead atoms. The summed E-state index contributed by atoms with van der Waals surface area (Å²) in [4.78, 5) is 13.7. The monoisotopic (exact) mass is 291 g/mol. The first kappa shape index (κ1) is 14.8. The van der Waals surface area contributed by atoms with E-state index in [0.29, 0.717) is 4.68 Å². The van der Waals surface area contributed by atoms with Gasteiger partial charge in [-0.05, 0) is 13.8 Å². The zero-order chi connectivity index (χ0) is 15.1. The number of rotatable bonds is 1. The van der Waals surface area contributed by atoms with E-state index >= 15 is 0 Å². The maximum Gasteiger partial charge on any atom is 0.433 e. The Hall–Kier alpha value is -1.57. The van der Waals surface area contributed by atoms with Crippen LogP contribution in [0.4, 0.5) is 13.2 Å². The number of aromatic nitrogens is 2. The lowest BCUT2D eigenvalue weighted by atomic mass is 10.1. The molecule has 8 heteroatoms. The number of carbonyl (C=O) groups is 1. The average molecular weight is 291 g/mol. The normalized spacial score (nSPS) is 24.0. The highest BCUT2D eigenvalue weighted by molar-refractivity contribution is 5.95. The average Bonchev–Trinajstić information content (AvgIpc) is 2.68. The van der Waals surface area contributed by atoms with Gasteiger partial charge >= 0.3 is 6.18 Å². The van der Waals surface area contributed by atoms with E-state index in [2.05, 4.69) is 5.10 Å². The molecule has 0 radical (unpaired) electrons. The van der Waals surface area contributed by atoms with Gasteiger partial charge in [0.05, 0.1) is 24.0 Å². The number of ether oxygens (including phenoxy) is 1. The molecule has 0 aliphatic carbocycles.